The summed E-state index contributed by atoms with van der Waals surface area (Å²) in [6.45, 7) is 7.75. The highest BCUT2D eigenvalue weighted by atomic mass is 16.5. The van der Waals surface area contributed by atoms with Crippen molar-refractivity contribution in [1.29, 1.82) is 0 Å². The third-order valence-corrected chi connectivity index (χ3v) is 8.00. The Morgan fingerprint density at radius 1 is 1.18 bits per heavy atom. The number of unbranched alkanes of at least 4 members (excludes halogenated alkanes) is 1. The number of ether oxygens (including phenoxy) is 1. The van der Waals surface area contributed by atoms with E-state index in [0.717, 1.165) is 61.4 Å². The van der Waals surface area contributed by atoms with E-state index in [4.69, 9.17) is 9.15 Å². The van der Waals surface area contributed by atoms with E-state index in [2.05, 4.69) is 27.8 Å². The third-order valence-electron chi connectivity index (χ3n) is 8.00. The van der Waals surface area contributed by atoms with Crippen molar-refractivity contribution < 1.29 is 23.8 Å². The number of fused-ring (bicyclic) bond motifs is 1. The Hall–Kier alpha value is -2.91. The Morgan fingerprint density at radius 3 is 2.67 bits per heavy atom. The van der Waals surface area contributed by atoms with Gasteiger partial charge in [0.05, 0.1) is 25.3 Å². The van der Waals surface area contributed by atoms with Crippen LogP contribution in [0.25, 0.3) is 0 Å². The Labute approximate surface area is 232 Å². The number of aromatic nitrogens is 1. The summed E-state index contributed by atoms with van der Waals surface area (Å²) in [5.41, 5.74) is 2.14. The van der Waals surface area contributed by atoms with Gasteiger partial charge in [0.2, 0.25) is 5.91 Å². The van der Waals surface area contributed by atoms with E-state index in [1.165, 1.54) is 0 Å². The number of aryl methyl sites for hydroxylation is 2. The van der Waals surface area contributed by atoms with Gasteiger partial charge < -0.3 is 24.1 Å². The second-order valence-electron chi connectivity index (χ2n) is 11.2. The molecule has 2 aromatic rings. The normalized spacial score (nSPS) is 20.8. The summed E-state index contributed by atoms with van der Waals surface area (Å²) in [6, 6.07) is 5.77. The standard InChI is InChI=1S/C30H44N4O5/c1-5-6-14-33(15-7-13-32(3)4)28(35)20-34-19-24(22-8-10-26-23(17-22)12-16-38-26)29(30(36)37)25(34)9-11-27-31-18-21(2)39-27/h8,10,17-18,24-25,29H,5-7,9,11-16,19-20H2,1-4H3,(H,36,37). The number of carbonyl (C=O) groups is 2. The van der Waals surface area contributed by atoms with Crippen LogP contribution in [0, 0.1) is 12.8 Å². The number of nitrogens with zero attached hydrogens (tertiary/aromatic N) is 4. The van der Waals surface area contributed by atoms with E-state index in [1.807, 2.05) is 38.1 Å². The predicted molar refractivity (Wildman–Crippen MR) is 149 cm³/mol. The highest BCUT2D eigenvalue weighted by Crippen LogP contribution is 2.41. The first-order valence-electron chi connectivity index (χ1n) is 14.3. The van der Waals surface area contributed by atoms with Crippen molar-refractivity contribution in [2.24, 2.45) is 5.92 Å². The van der Waals surface area contributed by atoms with Gasteiger partial charge in [-0.15, -0.1) is 0 Å². The summed E-state index contributed by atoms with van der Waals surface area (Å²) in [6.07, 6.45) is 6.50. The molecule has 0 radical (unpaired) electrons. The summed E-state index contributed by atoms with van der Waals surface area (Å²) >= 11 is 0. The van der Waals surface area contributed by atoms with Crippen LogP contribution in [-0.2, 0) is 22.4 Å². The zero-order valence-electron chi connectivity index (χ0n) is 23.9. The van der Waals surface area contributed by atoms with Gasteiger partial charge in [-0.25, -0.2) is 4.98 Å². The van der Waals surface area contributed by atoms with Crippen LogP contribution >= 0.6 is 0 Å². The molecule has 3 atom stereocenters. The number of likely N-dealkylation sites (tertiary alicyclic amines) is 1. The molecule has 1 saturated heterocycles. The zero-order chi connectivity index (χ0) is 27.9. The van der Waals surface area contributed by atoms with E-state index in [0.29, 0.717) is 38.4 Å². The molecular weight excluding hydrogens is 496 g/mol. The summed E-state index contributed by atoms with van der Waals surface area (Å²) in [7, 11) is 4.08. The molecule has 2 aliphatic heterocycles. The second-order valence-corrected chi connectivity index (χ2v) is 11.2. The van der Waals surface area contributed by atoms with Gasteiger partial charge in [0.15, 0.2) is 5.89 Å². The number of carboxylic acids is 1. The van der Waals surface area contributed by atoms with Crippen molar-refractivity contribution in [2.75, 3.05) is 53.4 Å². The van der Waals surface area contributed by atoms with Crippen LogP contribution in [-0.4, -0.2) is 96.1 Å². The SMILES string of the molecule is CCCCN(CCCN(C)C)C(=O)CN1CC(c2ccc3c(c2)CCO3)C(C(=O)O)C1CCc1ncc(C)o1. The van der Waals surface area contributed by atoms with Crippen molar-refractivity contribution in [3.8, 4) is 5.75 Å². The lowest BCUT2D eigenvalue weighted by molar-refractivity contribution is -0.143. The average Bonchev–Trinajstić information content (AvgIpc) is 3.62. The molecule has 0 bridgehead atoms. The number of amides is 1. The first kappa shape index (κ1) is 29.1. The molecule has 0 saturated carbocycles. The molecule has 9 nitrogen and oxygen atoms in total. The van der Waals surface area contributed by atoms with Crippen LogP contribution in [0.3, 0.4) is 0 Å². The van der Waals surface area contributed by atoms with Crippen LogP contribution in [0.15, 0.2) is 28.8 Å². The lowest BCUT2D eigenvalue weighted by Gasteiger charge is -2.30. The number of aliphatic carboxylic acids is 1. The van der Waals surface area contributed by atoms with Gasteiger partial charge in [-0.05, 0) is 64.0 Å². The van der Waals surface area contributed by atoms with Crippen molar-refractivity contribution in [1.82, 2.24) is 19.7 Å². The Balaban J connectivity index is 1.56. The molecular formula is C30H44N4O5. The zero-order valence-corrected chi connectivity index (χ0v) is 23.9. The van der Waals surface area contributed by atoms with Crippen molar-refractivity contribution >= 4 is 11.9 Å². The summed E-state index contributed by atoms with van der Waals surface area (Å²) in [4.78, 5) is 37.0. The van der Waals surface area contributed by atoms with Gasteiger partial charge in [0, 0.05) is 44.4 Å². The molecule has 3 unspecified atom stereocenters. The lowest BCUT2D eigenvalue weighted by Crippen LogP contribution is -2.45. The van der Waals surface area contributed by atoms with Gasteiger partial charge >= 0.3 is 5.97 Å². The first-order valence-corrected chi connectivity index (χ1v) is 14.3. The summed E-state index contributed by atoms with van der Waals surface area (Å²) in [5.74, 6) is 0.633. The largest absolute Gasteiger partial charge is 0.493 e. The number of carboxylic acid groups (broad SMARTS) is 1. The second kappa shape index (κ2) is 13.4. The van der Waals surface area contributed by atoms with E-state index in [1.54, 1.807) is 6.20 Å². The molecule has 1 aromatic carbocycles. The van der Waals surface area contributed by atoms with Crippen molar-refractivity contribution in [2.45, 2.75) is 64.3 Å². The van der Waals surface area contributed by atoms with Crippen LogP contribution in [0.2, 0.25) is 0 Å². The van der Waals surface area contributed by atoms with Crippen molar-refractivity contribution in [3.05, 3.63) is 47.2 Å². The van der Waals surface area contributed by atoms with E-state index < -0.39 is 11.9 Å². The fourth-order valence-electron chi connectivity index (χ4n) is 5.98. The number of hydrogen-bond acceptors (Lipinski definition) is 7. The van der Waals surface area contributed by atoms with Crippen LogP contribution < -0.4 is 4.74 Å². The van der Waals surface area contributed by atoms with Gasteiger partial charge in [0.25, 0.3) is 0 Å². The number of oxazole rings is 1. The molecule has 0 aliphatic carbocycles. The highest BCUT2D eigenvalue weighted by Gasteiger charge is 2.47. The smallest absolute Gasteiger partial charge is 0.308 e. The number of carbonyl (C=O) groups excluding carboxylic acids is 1. The molecule has 4 rings (SSSR count). The topological polar surface area (TPSA) is 99.3 Å². The Kier molecular flexibility index (Phi) is 10.0. The molecule has 9 heteroatoms. The maximum atomic E-state index is 13.7. The van der Waals surface area contributed by atoms with Gasteiger partial charge in [-0.1, -0.05) is 25.5 Å². The minimum absolute atomic E-state index is 0.0753. The molecule has 3 heterocycles. The fourth-order valence-corrected chi connectivity index (χ4v) is 5.98. The third kappa shape index (κ3) is 7.39. The maximum Gasteiger partial charge on any atom is 0.308 e. The minimum Gasteiger partial charge on any atom is -0.493 e. The Morgan fingerprint density at radius 2 is 1.97 bits per heavy atom. The number of hydrogen-bond donors (Lipinski definition) is 1. The molecule has 1 N–H and O–H groups in total. The predicted octanol–water partition coefficient (Wildman–Crippen LogP) is 3.60. The quantitative estimate of drug-likeness (QED) is 0.388. The van der Waals surface area contributed by atoms with Gasteiger partial charge in [-0.2, -0.15) is 0 Å². The molecule has 1 amide bonds. The molecule has 1 aromatic heterocycles. The van der Waals surface area contributed by atoms with Crippen LogP contribution in [0.4, 0.5) is 0 Å². The molecule has 1 fully saturated rings. The molecule has 0 spiro atoms. The first-order chi connectivity index (χ1) is 18.8. The minimum atomic E-state index is -0.825. The lowest BCUT2D eigenvalue weighted by atomic mass is 9.83. The molecule has 2 aliphatic rings. The average molecular weight is 541 g/mol. The molecule has 39 heavy (non-hydrogen) atoms. The Bertz CT molecular complexity index is 1120. The van der Waals surface area contributed by atoms with Crippen molar-refractivity contribution in [3.63, 3.8) is 0 Å². The van der Waals surface area contributed by atoms with E-state index in [9.17, 15) is 14.7 Å². The van der Waals surface area contributed by atoms with E-state index >= 15 is 0 Å². The van der Waals surface area contributed by atoms with Crippen LogP contribution in [0.1, 0.15) is 61.3 Å². The van der Waals surface area contributed by atoms with Gasteiger partial charge in [-0.3, -0.25) is 14.5 Å². The maximum absolute atomic E-state index is 13.7. The van der Waals surface area contributed by atoms with E-state index in [-0.39, 0.29) is 24.4 Å². The monoisotopic (exact) mass is 540 g/mol. The molecule has 214 valence electrons. The number of benzene rings is 1. The summed E-state index contributed by atoms with van der Waals surface area (Å²) < 4.78 is 11.4. The highest BCUT2D eigenvalue weighted by molar-refractivity contribution is 5.79. The van der Waals surface area contributed by atoms with Crippen LogP contribution in [0.5, 0.6) is 5.75 Å². The van der Waals surface area contributed by atoms with Gasteiger partial charge in [0.1, 0.15) is 11.5 Å². The summed E-state index contributed by atoms with van der Waals surface area (Å²) in [5, 5.41) is 10.5. The fraction of sp³-hybridized carbons (Fsp3) is 0.633. The number of rotatable bonds is 14.